The van der Waals surface area contributed by atoms with Gasteiger partial charge in [-0.2, -0.15) is 0 Å². The Morgan fingerprint density at radius 3 is 2.70 bits per heavy atom. The molecule has 0 saturated heterocycles. The summed E-state index contributed by atoms with van der Waals surface area (Å²) in [6.07, 6.45) is 4.20. The van der Waals surface area contributed by atoms with Gasteiger partial charge in [-0.15, -0.1) is 11.3 Å². The van der Waals surface area contributed by atoms with Gasteiger partial charge in [-0.05, 0) is 44.4 Å². The van der Waals surface area contributed by atoms with Crippen molar-refractivity contribution >= 4 is 39.2 Å². The van der Waals surface area contributed by atoms with Gasteiger partial charge in [-0.3, -0.25) is 14.2 Å². The molecule has 0 spiro atoms. The Morgan fingerprint density at radius 2 is 1.97 bits per heavy atom. The standard InChI is InChI=1S/C24H29N3O4S2/c1-15-16(2)33-22-21(15)23(29)27(17-8-4-5-9-17)24(26-22)32-14-20(28)25-12-13-31-19-11-7-6-10-18(19)30-3/h6-7,10-11,17H,4-5,8-9,12-14H2,1-3H3,(H,25,28). The van der Waals surface area contributed by atoms with Crippen LogP contribution < -0.4 is 20.3 Å². The number of aryl methyl sites for hydroxylation is 2. The van der Waals surface area contributed by atoms with E-state index in [9.17, 15) is 9.59 Å². The summed E-state index contributed by atoms with van der Waals surface area (Å²) in [7, 11) is 1.59. The molecule has 0 unspecified atom stereocenters. The van der Waals surface area contributed by atoms with Gasteiger partial charge >= 0.3 is 0 Å². The molecule has 9 heteroatoms. The number of ether oxygens (including phenoxy) is 2. The molecule has 7 nitrogen and oxygen atoms in total. The Hall–Kier alpha value is -2.52. The maximum Gasteiger partial charge on any atom is 0.263 e. The highest BCUT2D eigenvalue weighted by atomic mass is 32.2. The van der Waals surface area contributed by atoms with Crippen LogP contribution in [0.25, 0.3) is 10.2 Å². The van der Waals surface area contributed by atoms with Gasteiger partial charge in [0, 0.05) is 10.9 Å². The Balaban J connectivity index is 1.40. The number of methoxy groups -OCH3 is 1. The quantitative estimate of drug-likeness (QED) is 0.272. The summed E-state index contributed by atoms with van der Waals surface area (Å²) in [5.74, 6) is 1.38. The maximum absolute atomic E-state index is 13.4. The molecule has 1 saturated carbocycles. The minimum atomic E-state index is -0.116. The molecule has 1 N–H and O–H groups in total. The van der Waals surface area contributed by atoms with Crippen molar-refractivity contribution < 1.29 is 14.3 Å². The van der Waals surface area contributed by atoms with Crippen LogP contribution in [0.1, 0.15) is 42.2 Å². The van der Waals surface area contributed by atoms with Crippen molar-refractivity contribution in [1.82, 2.24) is 14.9 Å². The van der Waals surface area contributed by atoms with Crippen LogP contribution in [0.2, 0.25) is 0 Å². The summed E-state index contributed by atoms with van der Waals surface area (Å²) in [6, 6.07) is 7.56. The molecule has 0 bridgehead atoms. The highest BCUT2D eigenvalue weighted by Gasteiger charge is 2.25. The minimum Gasteiger partial charge on any atom is -0.493 e. The predicted molar refractivity (Wildman–Crippen MR) is 133 cm³/mol. The van der Waals surface area contributed by atoms with Gasteiger partial charge < -0.3 is 14.8 Å². The highest BCUT2D eigenvalue weighted by molar-refractivity contribution is 7.99. The number of thiophene rings is 1. The third-order valence-corrected chi connectivity index (χ3v) is 8.03. The van der Waals surface area contributed by atoms with Crippen molar-refractivity contribution in [2.45, 2.75) is 50.7 Å². The topological polar surface area (TPSA) is 82.5 Å². The molecule has 0 radical (unpaired) electrons. The van der Waals surface area contributed by atoms with Gasteiger partial charge in [0.2, 0.25) is 5.91 Å². The number of thioether (sulfide) groups is 1. The second-order valence-corrected chi connectivity index (χ2v) is 10.3. The number of nitrogens with one attached hydrogen (secondary N) is 1. The number of aromatic nitrogens is 2. The van der Waals surface area contributed by atoms with Gasteiger partial charge in [0.15, 0.2) is 16.7 Å². The number of nitrogens with zero attached hydrogens (tertiary/aromatic N) is 2. The van der Waals surface area contributed by atoms with Crippen molar-refractivity contribution in [3.63, 3.8) is 0 Å². The lowest BCUT2D eigenvalue weighted by Gasteiger charge is -2.18. The molecular weight excluding hydrogens is 458 g/mol. The van der Waals surface area contributed by atoms with E-state index in [-0.39, 0.29) is 23.3 Å². The number of hydrogen-bond acceptors (Lipinski definition) is 7. The van der Waals surface area contributed by atoms with E-state index in [1.54, 1.807) is 18.4 Å². The van der Waals surface area contributed by atoms with Crippen LogP contribution in [0.4, 0.5) is 0 Å². The molecule has 1 amide bonds. The number of carbonyl (C=O) groups is 1. The highest BCUT2D eigenvalue weighted by Crippen LogP contribution is 2.34. The molecule has 2 heterocycles. The van der Waals surface area contributed by atoms with E-state index in [2.05, 4.69) is 5.32 Å². The van der Waals surface area contributed by atoms with Crippen LogP contribution in [-0.2, 0) is 4.79 Å². The van der Waals surface area contributed by atoms with E-state index in [1.165, 1.54) is 11.8 Å². The maximum atomic E-state index is 13.4. The molecule has 0 aliphatic heterocycles. The Kier molecular flexibility index (Phi) is 7.60. The lowest BCUT2D eigenvalue weighted by molar-refractivity contribution is -0.118. The fourth-order valence-corrected chi connectivity index (χ4v) is 6.11. The SMILES string of the molecule is COc1ccccc1OCCNC(=O)CSc1nc2sc(C)c(C)c2c(=O)n1C1CCCC1. The van der Waals surface area contributed by atoms with E-state index >= 15 is 0 Å². The first-order chi connectivity index (χ1) is 16.0. The Bertz CT molecular complexity index is 1200. The van der Waals surface area contributed by atoms with E-state index < -0.39 is 0 Å². The van der Waals surface area contributed by atoms with Gasteiger partial charge in [0.1, 0.15) is 11.4 Å². The number of para-hydroxylation sites is 2. The summed E-state index contributed by atoms with van der Waals surface area (Å²) in [6.45, 7) is 4.72. The van der Waals surface area contributed by atoms with Crippen LogP contribution in [-0.4, -0.2) is 41.5 Å². The zero-order valence-corrected chi connectivity index (χ0v) is 20.8. The number of hydrogen-bond donors (Lipinski definition) is 1. The first-order valence-electron chi connectivity index (χ1n) is 11.2. The number of amides is 1. The first-order valence-corrected chi connectivity index (χ1v) is 13.0. The smallest absolute Gasteiger partial charge is 0.263 e. The molecular formula is C24H29N3O4S2. The lowest BCUT2D eigenvalue weighted by Crippen LogP contribution is -2.30. The van der Waals surface area contributed by atoms with Crippen molar-refractivity contribution in [2.24, 2.45) is 0 Å². The first kappa shape index (κ1) is 23.6. The van der Waals surface area contributed by atoms with Crippen LogP contribution in [0, 0.1) is 13.8 Å². The van der Waals surface area contributed by atoms with Gasteiger partial charge in [-0.1, -0.05) is 36.7 Å². The normalized spacial score (nSPS) is 14.0. The van der Waals surface area contributed by atoms with E-state index in [1.807, 2.05) is 42.7 Å². The Morgan fingerprint density at radius 1 is 1.24 bits per heavy atom. The number of carbonyl (C=O) groups excluding carboxylic acids is 1. The molecule has 33 heavy (non-hydrogen) atoms. The molecule has 176 valence electrons. The number of benzene rings is 1. The molecule has 1 aliphatic carbocycles. The molecule has 4 rings (SSSR count). The molecule has 2 aromatic heterocycles. The third-order valence-electron chi connectivity index (χ3n) is 5.98. The summed E-state index contributed by atoms with van der Waals surface area (Å²) in [4.78, 5) is 32.6. The van der Waals surface area contributed by atoms with Gasteiger partial charge in [0.05, 0.1) is 24.8 Å². The van der Waals surface area contributed by atoms with Crippen LogP contribution in [0.5, 0.6) is 11.5 Å². The van der Waals surface area contributed by atoms with E-state index in [0.717, 1.165) is 46.3 Å². The van der Waals surface area contributed by atoms with Crippen LogP contribution >= 0.6 is 23.1 Å². The lowest BCUT2D eigenvalue weighted by atomic mass is 10.2. The largest absolute Gasteiger partial charge is 0.493 e. The fourth-order valence-electron chi connectivity index (χ4n) is 4.14. The second kappa shape index (κ2) is 10.6. The predicted octanol–water partition coefficient (Wildman–Crippen LogP) is 4.49. The molecule has 1 aliphatic rings. The van der Waals surface area contributed by atoms with Crippen LogP contribution in [0.15, 0.2) is 34.2 Å². The summed E-state index contributed by atoms with van der Waals surface area (Å²) >= 11 is 2.88. The van der Waals surface area contributed by atoms with Crippen molar-refractivity contribution in [2.75, 3.05) is 26.0 Å². The summed E-state index contributed by atoms with van der Waals surface area (Å²) < 4.78 is 12.8. The van der Waals surface area contributed by atoms with Gasteiger partial charge in [-0.25, -0.2) is 4.98 Å². The molecule has 3 aromatic rings. The molecule has 1 aromatic carbocycles. The van der Waals surface area contributed by atoms with E-state index in [4.69, 9.17) is 14.5 Å². The zero-order valence-electron chi connectivity index (χ0n) is 19.2. The zero-order chi connectivity index (χ0) is 23.4. The molecule has 0 atom stereocenters. The monoisotopic (exact) mass is 487 g/mol. The van der Waals surface area contributed by atoms with Crippen LogP contribution in [0.3, 0.4) is 0 Å². The van der Waals surface area contributed by atoms with E-state index in [0.29, 0.717) is 29.8 Å². The number of fused-ring (bicyclic) bond motifs is 1. The molecule has 1 fully saturated rings. The number of rotatable bonds is 9. The average Bonchev–Trinajstić information content (AvgIpc) is 3.44. The third kappa shape index (κ3) is 5.19. The van der Waals surface area contributed by atoms with Crippen molar-refractivity contribution in [3.05, 3.63) is 45.1 Å². The van der Waals surface area contributed by atoms with Crippen molar-refractivity contribution in [3.8, 4) is 11.5 Å². The Labute approximate surface area is 201 Å². The summed E-state index contributed by atoms with van der Waals surface area (Å²) in [5, 5.41) is 4.24. The fraction of sp³-hybridized carbons (Fsp3) is 0.458. The van der Waals surface area contributed by atoms with Gasteiger partial charge in [0.25, 0.3) is 5.56 Å². The minimum absolute atomic E-state index is 0.0295. The van der Waals surface area contributed by atoms with Crippen molar-refractivity contribution in [1.29, 1.82) is 0 Å². The summed E-state index contributed by atoms with van der Waals surface area (Å²) in [5.41, 5.74) is 1.05. The second-order valence-electron chi connectivity index (χ2n) is 8.11. The average molecular weight is 488 g/mol.